The first-order chi connectivity index (χ1) is 15.1. The molecule has 1 atom stereocenters. The molecule has 0 saturated heterocycles. The van der Waals surface area contributed by atoms with Crippen LogP contribution in [0, 0.1) is 0 Å². The molecule has 6 nitrogen and oxygen atoms in total. The maximum atomic E-state index is 12.6. The molecule has 0 saturated carbocycles. The van der Waals surface area contributed by atoms with Gasteiger partial charge in [0, 0.05) is 0 Å². The van der Waals surface area contributed by atoms with E-state index < -0.39 is 5.97 Å². The van der Waals surface area contributed by atoms with E-state index in [9.17, 15) is 9.59 Å². The maximum absolute atomic E-state index is 12.6. The Hall–Kier alpha value is -3.80. The number of rotatable bonds is 6. The van der Waals surface area contributed by atoms with Gasteiger partial charge in [-0.25, -0.2) is 4.79 Å². The Balaban J connectivity index is 1.37. The van der Waals surface area contributed by atoms with Crippen molar-refractivity contribution < 1.29 is 23.8 Å². The van der Waals surface area contributed by atoms with Crippen LogP contribution in [0.2, 0.25) is 0 Å². The number of carbonyl (C=O) groups is 2. The molecule has 0 spiro atoms. The van der Waals surface area contributed by atoms with Crippen molar-refractivity contribution >= 4 is 11.9 Å². The molecule has 1 unspecified atom stereocenters. The number of fused-ring (bicyclic) bond motifs is 1. The van der Waals surface area contributed by atoms with E-state index in [1.165, 1.54) is 0 Å². The van der Waals surface area contributed by atoms with Crippen molar-refractivity contribution in [2.75, 3.05) is 19.8 Å². The Morgan fingerprint density at radius 1 is 0.935 bits per heavy atom. The number of amides is 1. The molecule has 3 aromatic rings. The predicted octanol–water partition coefficient (Wildman–Crippen LogP) is 4.16. The molecule has 3 aromatic carbocycles. The summed E-state index contributed by atoms with van der Waals surface area (Å²) < 4.78 is 16.4. The number of carbonyl (C=O) groups excluding carboxylic acids is 2. The summed E-state index contributed by atoms with van der Waals surface area (Å²) in [5, 5.41) is 2.84. The molecule has 1 amide bonds. The van der Waals surface area contributed by atoms with Gasteiger partial charge in [-0.15, -0.1) is 0 Å². The van der Waals surface area contributed by atoms with E-state index in [1.54, 1.807) is 12.1 Å². The average Bonchev–Trinajstić information content (AvgIpc) is 2.82. The topological polar surface area (TPSA) is 73.9 Å². The van der Waals surface area contributed by atoms with Crippen LogP contribution in [-0.2, 0) is 9.53 Å². The third-order valence-corrected chi connectivity index (χ3v) is 5.01. The zero-order chi connectivity index (χ0) is 21.6. The molecular formula is C25H23NO5. The smallest absolute Gasteiger partial charge is 0.339 e. The van der Waals surface area contributed by atoms with Crippen LogP contribution in [0.15, 0.2) is 72.8 Å². The van der Waals surface area contributed by atoms with Gasteiger partial charge in [-0.2, -0.15) is 0 Å². The first kappa shape index (κ1) is 20.5. The van der Waals surface area contributed by atoms with E-state index >= 15 is 0 Å². The Bertz CT molecular complexity index is 1080. The lowest BCUT2D eigenvalue weighted by atomic mass is 10.00. The van der Waals surface area contributed by atoms with Crippen molar-refractivity contribution in [3.8, 4) is 22.6 Å². The fraction of sp³-hybridized carbons (Fsp3) is 0.200. The van der Waals surface area contributed by atoms with Crippen LogP contribution >= 0.6 is 0 Å². The van der Waals surface area contributed by atoms with E-state index in [2.05, 4.69) is 5.32 Å². The van der Waals surface area contributed by atoms with Gasteiger partial charge in [0.1, 0.15) is 13.2 Å². The quantitative estimate of drug-likeness (QED) is 0.610. The highest BCUT2D eigenvalue weighted by Crippen LogP contribution is 2.32. The van der Waals surface area contributed by atoms with Crippen molar-refractivity contribution in [1.29, 1.82) is 0 Å². The van der Waals surface area contributed by atoms with Crippen LogP contribution in [0.25, 0.3) is 11.1 Å². The second-order valence-electron chi connectivity index (χ2n) is 7.18. The second kappa shape index (κ2) is 9.34. The number of hydrogen-bond acceptors (Lipinski definition) is 5. The lowest BCUT2D eigenvalue weighted by Crippen LogP contribution is -2.31. The van der Waals surface area contributed by atoms with Crippen LogP contribution in [0.5, 0.6) is 11.5 Å². The van der Waals surface area contributed by atoms with Gasteiger partial charge in [0.15, 0.2) is 18.1 Å². The Morgan fingerprint density at radius 3 is 2.45 bits per heavy atom. The highest BCUT2D eigenvalue weighted by Gasteiger charge is 2.18. The molecule has 1 aliphatic rings. The zero-order valence-corrected chi connectivity index (χ0v) is 17.2. The number of ether oxygens (including phenoxy) is 3. The highest BCUT2D eigenvalue weighted by atomic mass is 16.6. The van der Waals surface area contributed by atoms with Crippen molar-refractivity contribution in [2.45, 2.75) is 13.0 Å². The third-order valence-electron chi connectivity index (χ3n) is 5.01. The van der Waals surface area contributed by atoms with E-state index in [-0.39, 0.29) is 18.6 Å². The minimum Gasteiger partial charge on any atom is -0.486 e. The number of hydrogen-bond donors (Lipinski definition) is 1. The Kier molecular flexibility index (Phi) is 6.17. The van der Waals surface area contributed by atoms with E-state index in [1.807, 2.05) is 67.6 Å². The second-order valence-corrected chi connectivity index (χ2v) is 7.18. The molecule has 1 aliphatic heterocycles. The fourth-order valence-electron chi connectivity index (χ4n) is 3.44. The maximum Gasteiger partial charge on any atom is 0.339 e. The summed E-state index contributed by atoms with van der Waals surface area (Å²) in [6.45, 7) is 2.52. The summed E-state index contributed by atoms with van der Waals surface area (Å²) in [6.07, 6.45) is 0. The minimum absolute atomic E-state index is 0.279. The summed E-state index contributed by atoms with van der Waals surface area (Å²) in [4.78, 5) is 25.0. The predicted molar refractivity (Wildman–Crippen MR) is 116 cm³/mol. The molecule has 0 aromatic heterocycles. The summed E-state index contributed by atoms with van der Waals surface area (Å²) in [6, 6.07) is 22.0. The third kappa shape index (κ3) is 4.86. The first-order valence-electron chi connectivity index (χ1n) is 10.1. The van der Waals surface area contributed by atoms with E-state index in [0.717, 1.165) is 16.7 Å². The molecule has 31 heavy (non-hydrogen) atoms. The first-order valence-corrected chi connectivity index (χ1v) is 10.1. The van der Waals surface area contributed by atoms with Gasteiger partial charge in [0.2, 0.25) is 0 Å². The van der Waals surface area contributed by atoms with Crippen LogP contribution in [0.3, 0.4) is 0 Å². The summed E-state index contributed by atoms with van der Waals surface area (Å²) in [7, 11) is 0. The molecule has 1 heterocycles. The number of esters is 1. The summed E-state index contributed by atoms with van der Waals surface area (Å²) >= 11 is 0. The highest BCUT2D eigenvalue weighted by molar-refractivity contribution is 5.98. The standard InChI is InChI=1S/C25H23NO5/c1-17(19-11-12-22-23(15-19)30-14-13-29-22)26-24(27)16-31-25(28)21-10-6-5-9-20(21)18-7-3-2-4-8-18/h2-12,15,17H,13-14,16H2,1H3,(H,26,27). The van der Waals surface area contributed by atoms with Gasteiger partial charge in [-0.05, 0) is 41.8 Å². The summed E-state index contributed by atoms with van der Waals surface area (Å²) in [5.41, 5.74) is 2.96. The Morgan fingerprint density at radius 2 is 1.65 bits per heavy atom. The van der Waals surface area contributed by atoms with E-state index in [4.69, 9.17) is 14.2 Å². The number of nitrogens with one attached hydrogen (secondary N) is 1. The fourth-order valence-corrected chi connectivity index (χ4v) is 3.44. The molecule has 158 valence electrons. The van der Waals surface area contributed by atoms with Crippen molar-refractivity contribution in [3.05, 3.63) is 83.9 Å². The van der Waals surface area contributed by atoms with Gasteiger partial charge >= 0.3 is 5.97 Å². The molecule has 0 radical (unpaired) electrons. The summed E-state index contributed by atoms with van der Waals surface area (Å²) in [5.74, 6) is 0.433. The SMILES string of the molecule is CC(NC(=O)COC(=O)c1ccccc1-c1ccccc1)c1ccc2c(c1)OCCO2. The van der Waals surface area contributed by atoms with Gasteiger partial charge < -0.3 is 19.5 Å². The monoisotopic (exact) mass is 417 g/mol. The number of benzene rings is 3. The van der Waals surface area contributed by atoms with Gasteiger partial charge in [-0.3, -0.25) is 4.79 Å². The van der Waals surface area contributed by atoms with Crippen LogP contribution in [-0.4, -0.2) is 31.7 Å². The van der Waals surface area contributed by atoms with Crippen LogP contribution in [0.1, 0.15) is 28.9 Å². The molecular weight excluding hydrogens is 394 g/mol. The molecule has 6 heteroatoms. The van der Waals surface area contributed by atoms with Gasteiger partial charge in [0.05, 0.1) is 11.6 Å². The zero-order valence-electron chi connectivity index (χ0n) is 17.2. The molecule has 0 fully saturated rings. The lowest BCUT2D eigenvalue weighted by Gasteiger charge is -2.21. The average molecular weight is 417 g/mol. The Labute approximate surface area is 180 Å². The molecule has 0 aliphatic carbocycles. The normalized spacial score (nSPS) is 13.2. The van der Waals surface area contributed by atoms with E-state index in [0.29, 0.717) is 30.3 Å². The minimum atomic E-state index is -0.540. The molecule has 0 bridgehead atoms. The van der Waals surface area contributed by atoms with Crippen molar-refractivity contribution in [3.63, 3.8) is 0 Å². The van der Waals surface area contributed by atoms with Gasteiger partial charge in [0.25, 0.3) is 5.91 Å². The largest absolute Gasteiger partial charge is 0.486 e. The van der Waals surface area contributed by atoms with Crippen LogP contribution in [0.4, 0.5) is 0 Å². The van der Waals surface area contributed by atoms with Gasteiger partial charge in [-0.1, -0.05) is 54.6 Å². The molecule has 4 rings (SSSR count). The lowest BCUT2D eigenvalue weighted by molar-refractivity contribution is -0.124. The van der Waals surface area contributed by atoms with Crippen molar-refractivity contribution in [2.24, 2.45) is 0 Å². The molecule has 1 N–H and O–H groups in total. The van der Waals surface area contributed by atoms with Crippen molar-refractivity contribution in [1.82, 2.24) is 5.32 Å². The van der Waals surface area contributed by atoms with Crippen LogP contribution < -0.4 is 14.8 Å².